The van der Waals surface area contributed by atoms with Gasteiger partial charge in [0.05, 0.1) is 23.4 Å². The van der Waals surface area contributed by atoms with Crippen molar-refractivity contribution in [3.8, 4) is 0 Å². The van der Waals surface area contributed by atoms with Gasteiger partial charge in [0.1, 0.15) is 0 Å². The topological polar surface area (TPSA) is 34.1 Å². The van der Waals surface area contributed by atoms with Crippen molar-refractivity contribution in [2.45, 2.75) is 33.4 Å². The summed E-state index contributed by atoms with van der Waals surface area (Å²) in [5, 5.41) is 4.65. The molecule has 4 heteroatoms. The van der Waals surface area contributed by atoms with Crippen LogP contribution in [0.5, 0.6) is 0 Å². The highest BCUT2D eigenvalue weighted by atomic mass is 32.1. The van der Waals surface area contributed by atoms with Gasteiger partial charge in [-0.1, -0.05) is 12.1 Å². The maximum atomic E-state index is 5.16. The minimum absolute atomic E-state index is 0.268. The zero-order valence-corrected chi connectivity index (χ0v) is 12.7. The number of rotatable bonds is 5. The number of anilines is 1. The molecule has 0 bridgehead atoms. The van der Waals surface area contributed by atoms with Gasteiger partial charge in [0.2, 0.25) is 0 Å². The Labute approximate surface area is 118 Å². The van der Waals surface area contributed by atoms with Gasteiger partial charge in [-0.25, -0.2) is 4.98 Å². The smallest absolute Gasteiger partial charge is 0.0900 e. The predicted molar refractivity (Wildman–Crippen MR) is 80.8 cm³/mol. The van der Waals surface area contributed by atoms with Gasteiger partial charge < -0.3 is 10.1 Å². The molecule has 0 spiro atoms. The molecule has 1 atom stereocenters. The van der Waals surface area contributed by atoms with Crippen LogP contribution < -0.4 is 5.32 Å². The van der Waals surface area contributed by atoms with Gasteiger partial charge >= 0.3 is 0 Å². The zero-order valence-electron chi connectivity index (χ0n) is 11.9. The fraction of sp³-hybridized carbons (Fsp3) is 0.400. The number of methoxy groups -OCH3 is 1. The molecule has 0 saturated heterocycles. The van der Waals surface area contributed by atoms with Crippen molar-refractivity contribution in [2.75, 3.05) is 12.4 Å². The summed E-state index contributed by atoms with van der Waals surface area (Å²) >= 11 is 1.76. The lowest BCUT2D eigenvalue weighted by Crippen LogP contribution is -2.06. The third kappa shape index (κ3) is 3.55. The Morgan fingerprint density at radius 2 is 2.16 bits per heavy atom. The van der Waals surface area contributed by atoms with Crippen LogP contribution in [-0.4, -0.2) is 12.1 Å². The summed E-state index contributed by atoms with van der Waals surface area (Å²) in [6.45, 7) is 6.93. The standard InChI is InChI=1S/C15H20N2OS/c1-10-15(19-12(3)16-10)11(2)17-14-7-5-6-13(8-14)9-18-4/h5-8,11,17H,9H2,1-4H3. The van der Waals surface area contributed by atoms with Crippen LogP contribution in [0.25, 0.3) is 0 Å². The normalized spacial score (nSPS) is 12.4. The lowest BCUT2D eigenvalue weighted by Gasteiger charge is -2.15. The number of ether oxygens (including phenoxy) is 1. The van der Waals surface area contributed by atoms with E-state index >= 15 is 0 Å². The average molecular weight is 276 g/mol. The third-order valence-electron chi connectivity index (χ3n) is 2.95. The molecule has 102 valence electrons. The van der Waals surface area contributed by atoms with Gasteiger partial charge in [-0.2, -0.15) is 0 Å². The largest absolute Gasteiger partial charge is 0.380 e. The maximum absolute atomic E-state index is 5.16. The molecule has 3 nitrogen and oxygen atoms in total. The Bertz CT molecular complexity index is 551. The second kappa shape index (κ2) is 6.17. The molecule has 0 aliphatic carbocycles. The molecule has 19 heavy (non-hydrogen) atoms. The first kappa shape index (κ1) is 14.0. The first-order valence-corrected chi connectivity index (χ1v) is 7.20. The predicted octanol–water partition coefficient (Wildman–Crippen LogP) is 4.08. The molecule has 0 aliphatic rings. The maximum Gasteiger partial charge on any atom is 0.0900 e. The van der Waals surface area contributed by atoms with E-state index in [0.717, 1.165) is 16.4 Å². The summed E-state index contributed by atoms with van der Waals surface area (Å²) < 4.78 is 5.16. The van der Waals surface area contributed by atoms with Crippen LogP contribution in [0.3, 0.4) is 0 Å². The van der Waals surface area contributed by atoms with E-state index in [9.17, 15) is 0 Å². The van der Waals surface area contributed by atoms with Gasteiger partial charge in [0.15, 0.2) is 0 Å². The summed E-state index contributed by atoms with van der Waals surface area (Å²) in [4.78, 5) is 5.78. The highest BCUT2D eigenvalue weighted by Crippen LogP contribution is 2.27. The molecule has 2 aromatic rings. The zero-order chi connectivity index (χ0) is 13.8. The summed E-state index contributed by atoms with van der Waals surface area (Å²) in [6.07, 6.45) is 0. The van der Waals surface area contributed by atoms with E-state index in [1.807, 2.05) is 13.0 Å². The van der Waals surface area contributed by atoms with Gasteiger partial charge in [-0.05, 0) is 38.5 Å². The van der Waals surface area contributed by atoms with Gasteiger partial charge in [-0.15, -0.1) is 11.3 Å². The van der Waals surface area contributed by atoms with E-state index in [4.69, 9.17) is 4.74 Å². The number of nitrogens with one attached hydrogen (secondary N) is 1. The first-order valence-electron chi connectivity index (χ1n) is 6.38. The molecule has 0 radical (unpaired) electrons. The summed E-state index contributed by atoms with van der Waals surface area (Å²) in [7, 11) is 1.71. The minimum atomic E-state index is 0.268. The quantitative estimate of drug-likeness (QED) is 0.893. The number of hydrogen-bond acceptors (Lipinski definition) is 4. The third-order valence-corrected chi connectivity index (χ3v) is 4.21. The fourth-order valence-corrected chi connectivity index (χ4v) is 3.11. The summed E-state index contributed by atoms with van der Waals surface area (Å²) in [5.74, 6) is 0. The van der Waals surface area contributed by atoms with E-state index in [1.54, 1.807) is 18.4 Å². The number of benzene rings is 1. The Kier molecular flexibility index (Phi) is 4.56. The summed E-state index contributed by atoms with van der Waals surface area (Å²) in [6, 6.07) is 8.60. The van der Waals surface area contributed by atoms with E-state index in [0.29, 0.717) is 6.61 Å². The Balaban J connectivity index is 2.12. The summed E-state index contributed by atoms with van der Waals surface area (Å²) in [5.41, 5.74) is 3.42. The molecule has 1 N–H and O–H groups in total. The number of hydrogen-bond donors (Lipinski definition) is 1. The van der Waals surface area contributed by atoms with Crippen molar-refractivity contribution in [3.63, 3.8) is 0 Å². The molecular formula is C15H20N2OS. The lowest BCUT2D eigenvalue weighted by atomic mass is 10.2. The molecule has 0 saturated carbocycles. The first-order chi connectivity index (χ1) is 9.10. The molecule has 2 rings (SSSR count). The average Bonchev–Trinajstić information content (AvgIpc) is 2.69. The van der Waals surface area contributed by atoms with Gasteiger partial charge in [-0.3, -0.25) is 0 Å². The van der Waals surface area contributed by atoms with Crippen molar-refractivity contribution in [1.82, 2.24) is 4.98 Å². The highest BCUT2D eigenvalue weighted by Gasteiger charge is 2.12. The van der Waals surface area contributed by atoms with Crippen LogP contribution >= 0.6 is 11.3 Å². The molecule has 1 heterocycles. The SMILES string of the molecule is COCc1cccc(NC(C)c2sc(C)nc2C)c1. The van der Waals surface area contributed by atoms with Crippen LogP contribution in [0, 0.1) is 13.8 Å². The van der Waals surface area contributed by atoms with Crippen LogP contribution in [0.15, 0.2) is 24.3 Å². The second-order valence-corrected chi connectivity index (χ2v) is 5.92. The van der Waals surface area contributed by atoms with Crippen LogP contribution in [0.2, 0.25) is 0 Å². The van der Waals surface area contributed by atoms with E-state index < -0.39 is 0 Å². The monoisotopic (exact) mass is 276 g/mol. The molecule has 1 aromatic heterocycles. The number of nitrogens with zero attached hydrogens (tertiary/aromatic N) is 1. The molecule has 1 aromatic carbocycles. The molecule has 1 unspecified atom stereocenters. The lowest BCUT2D eigenvalue weighted by molar-refractivity contribution is 0.185. The van der Waals surface area contributed by atoms with Gasteiger partial charge in [0.25, 0.3) is 0 Å². The van der Waals surface area contributed by atoms with Crippen molar-refractivity contribution < 1.29 is 4.74 Å². The second-order valence-electron chi connectivity index (χ2n) is 4.68. The fourth-order valence-electron chi connectivity index (χ4n) is 2.18. The molecule has 0 aliphatic heterocycles. The Morgan fingerprint density at radius 3 is 2.79 bits per heavy atom. The highest BCUT2D eigenvalue weighted by molar-refractivity contribution is 7.11. The molecule has 0 amide bonds. The van der Waals surface area contributed by atoms with Crippen molar-refractivity contribution >= 4 is 17.0 Å². The van der Waals surface area contributed by atoms with Crippen molar-refractivity contribution in [3.05, 3.63) is 45.4 Å². The number of thiazole rings is 1. The number of aromatic nitrogens is 1. The van der Waals surface area contributed by atoms with Crippen LogP contribution in [0.1, 0.15) is 34.1 Å². The van der Waals surface area contributed by atoms with E-state index in [2.05, 4.69) is 42.3 Å². The van der Waals surface area contributed by atoms with Gasteiger partial charge in [0, 0.05) is 17.7 Å². The van der Waals surface area contributed by atoms with Crippen molar-refractivity contribution in [1.29, 1.82) is 0 Å². The van der Waals surface area contributed by atoms with Crippen LogP contribution in [0.4, 0.5) is 5.69 Å². The minimum Gasteiger partial charge on any atom is -0.380 e. The van der Waals surface area contributed by atoms with E-state index in [-0.39, 0.29) is 6.04 Å². The van der Waals surface area contributed by atoms with Crippen molar-refractivity contribution in [2.24, 2.45) is 0 Å². The van der Waals surface area contributed by atoms with Crippen LogP contribution in [-0.2, 0) is 11.3 Å². The molecule has 0 fully saturated rings. The molecular weight excluding hydrogens is 256 g/mol. The van der Waals surface area contributed by atoms with E-state index in [1.165, 1.54) is 10.4 Å². The Morgan fingerprint density at radius 1 is 1.37 bits per heavy atom. The Hall–Kier alpha value is -1.39. The number of aryl methyl sites for hydroxylation is 2.